The van der Waals surface area contributed by atoms with Gasteiger partial charge in [0.05, 0.1) is 11.6 Å². The Kier molecular flexibility index (Phi) is 6.12. The molecule has 3 aromatic rings. The lowest BCUT2D eigenvalue weighted by Gasteiger charge is -2.38. The first kappa shape index (κ1) is 21.5. The molecule has 4 rings (SSSR count). The van der Waals surface area contributed by atoms with Crippen LogP contribution >= 0.6 is 23.8 Å². The third-order valence-corrected chi connectivity index (χ3v) is 5.83. The Labute approximate surface area is 193 Å². The van der Waals surface area contributed by atoms with Crippen LogP contribution < -0.4 is 5.32 Å². The first-order valence-electron chi connectivity index (χ1n) is 10.3. The molecule has 0 aliphatic carbocycles. The molecule has 7 heteroatoms. The molecule has 0 spiro atoms. The summed E-state index contributed by atoms with van der Waals surface area (Å²) in [6, 6.07) is 15.6. The molecule has 160 valence electrons. The first-order chi connectivity index (χ1) is 14.8. The maximum absolute atomic E-state index is 6.29. The molecular formula is C24H25ClN4OS. The molecule has 5 nitrogen and oxygen atoms in total. The highest BCUT2D eigenvalue weighted by Crippen LogP contribution is 2.38. The van der Waals surface area contributed by atoms with Crippen LogP contribution in [0.3, 0.4) is 0 Å². The normalized spacial score (nSPS) is 16.8. The van der Waals surface area contributed by atoms with Crippen LogP contribution in [0.4, 0.5) is 0 Å². The van der Waals surface area contributed by atoms with E-state index >= 15 is 0 Å². The van der Waals surface area contributed by atoms with Gasteiger partial charge in [0.15, 0.2) is 5.11 Å². The van der Waals surface area contributed by atoms with Gasteiger partial charge in [-0.05, 0) is 55.7 Å². The second-order valence-electron chi connectivity index (χ2n) is 8.23. The third-order valence-electron chi connectivity index (χ3n) is 5.26. The summed E-state index contributed by atoms with van der Waals surface area (Å²) in [5, 5.41) is 9.07. The molecular weight excluding hydrogens is 428 g/mol. The van der Waals surface area contributed by atoms with E-state index in [0.717, 1.165) is 34.5 Å². The minimum absolute atomic E-state index is 0.236. The largest absolute Gasteiger partial charge is 0.351 e. The van der Waals surface area contributed by atoms with E-state index in [4.69, 9.17) is 33.3 Å². The van der Waals surface area contributed by atoms with Crippen molar-refractivity contribution < 1.29 is 4.52 Å². The molecule has 2 heterocycles. The predicted octanol–water partition coefficient (Wildman–Crippen LogP) is 6.02. The number of allylic oxidation sites excluding steroid dienone is 1. The zero-order valence-electron chi connectivity index (χ0n) is 18.0. The molecule has 0 bridgehead atoms. The summed E-state index contributed by atoms with van der Waals surface area (Å²) in [7, 11) is 0. The minimum Gasteiger partial charge on any atom is -0.351 e. The molecule has 0 saturated heterocycles. The van der Waals surface area contributed by atoms with E-state index in [0.29, 0.717) is 27.8 Å². The molecule has 0 amide bonds. The molecule has 1 aromatic heterocycles. The van der Waals surface area contributed by atoms with Crippen molar-refractivity contribution in [1.82, 2.24) is 20.4 Å². The van der Waals surface area contributed by atoms with Crippen LogP contribution in [0.5, 0.6) is 0 Å². The monoisotopic (exact) mass is 452 g/mol. The Morgan fingerprint density at radius 2 is 1.94 bits per heavy atom. The summed E-state index contributed by atoms with van der Waals surface area (Å²) in [5.41, 5.74) is 4.96. The zero-order valence-corrected chi connectivity index (χ0v) is 19.6. The molecule has 1 atom stereocenters. The number of hydrogen-bond acceptors (Lipinski definition) is 4. The number of nitrogens with zero attached hydrogens (tertiary/aromatic N) is 3. The number of rotatable bonds is 5. The fraction of sp³-hybridized carbons (Fsp3) is 0.292. The van der Waals surface area contributed by atoms with Gasteiger partial charge in [0, 0.05) is 22.8 Å². The molecule has 1 aliphatic rings. The Morgan fingerprint density at radius 1 is 1.16 bits per heavy atom. The van der Waals surface area contributed by atoms with Crippen LogP contribution in [0.2, 0.25) is 5.02 Å². The number of aromatic nitrogens is 2. The summed E-state index contributed by atoms with van der Waals surface area (Å²) in [6.07, 6.45) is 0. The highest BCUT2D eigenvalue weighted by atomic mass is 35.5. The van der Waals surface area contributed by atoms with Gasteiger partial charge in [0.2, 0.25) is 5.82 Å². The number of aryl methyl sites for hydroxylation is 1. The van der Waals surface area contributed by atoms with E-state index in [2.05, 4.69) is 36.1 Å². The highest BCUT2D eigenvalue weighted by molar-refractivity contribution is 7.80. The van der Waals surface area contributed by atoms with Gasteiger partial charge in [0.1, 0.15) is 0 Å². The van der Waals surface area contributed by atoms with E-state index in [1.807, 2.05) is 55.5 Å². The minimum atomic E-state index is -0.236. The number of hydrogen-bond donors (Lipinski definition) is 1. The van der Waals surface area contributed by atoms with Gasteiger partial charge in [-0.1, -0.05) is 66.5 Å². The van der Waals surface area contributed by atoms with Gasteiger partial charge in [-0.15, -0.1) is 0 Å². The van der Waals surface area contributed by atoms with Crippen molar-refractivity contribution in [3.05, 3.63) is 76.3 Å². The van der Waals surface area contributed by atoms with Crippen LogP contribution in [0.25, 0.3) is 17.0 Å². The summed E-state index contributed by atoms with van der Waals surface area (Å²) in [6.45, 7) is 9.23. The molecule has 0 fully saturated rings. The van der Waals surface area contributed by atoms with Crippen LogP contribution in [0.15, 0.2) is 58.8 Å². The van der Waals surface area contributed by atoms with Crippen LogP contribution in [0, 0.1) is 12.8 Å². The molecule has 1 unspecified atom stereocenters. The number of thiocarbonyl (C=S) groups is 1. The third kappa shape index (κ3) is 4.50. The van der Waals surface area contributed by atoms with E-state index in [9.17, 15) is 0 Å². The van der Waals surface area contributed by atoms with Crippen molar-refractivity contribution in [3.63, 3.8) is 0 Å². The molecule has 1 N–H and O–H groups in total. The number of benzene rings is 2. The SMILES string of the molecule is CC1=C(c2nc(-c3cccc(C)c3)no2)C(c2cccc(Cl)c2)NC(=S)N1CC(C)C. The lowest BCUT2D eigenvalue weighted by molar-refractivity contribution is 0.386. The van der Waals surface area contributed by atoms with Crippen molar-refractivity contribution in [1.29, 1.82) is 0 Å². The molecule has 31 heavy (non-hydrogen) atoms. The Hall–Kier alpha value is -2.70. The van der Waals surface area contributed by atoms with Gasteiger partial charge in [0.25, 0.3) is 5.89 Å². The van der Waals surface area contributed by atoms with Crippen LogP contribution in [-0.2, 0) is 0 Å². The van der Waals surface area contributed by atoms with Gasteiger partial charge >= 0.3 is 0 Å². The van der Waals surface area contributed by atoms with Crippen molar-refractivity contribution >= 4 is 34.5 Å². The lowest BCUT2D eigenvalue weighted by Crippen LogP contribution is -2.47. The highest BCUT2D eigenvalue weighted by Gasteiger charge is 2.34. The van der Waals surface area contributed by atoms with Crippen molar-refractivity contribution in [3.8, 4) is 11.4 Å². The van der Waals surface area contributed by atoms with E-state index in [1.165, 1.54) is 0 Å². The van der Waals surface area contributed by atoms with Crippen molar-refractivity contribution in [2.24, 2.45) is 5.92 Å². The standard InChI is InChI=1S/C24H25ClN4OS/c1-14(2)13-29-16(4)20(21(26-24(29)31)17-8-6-10-19(25)12-17)23-27-22(28-30-23)18-9-5-7-15(3)11-18/h5-12,14,21H,13H2,1-4H3,(H,26,31). The first-order valence-corrected chi connectivity index (χ1v) is 11.1. The number of halogens is 1. The Morgan fingerprint density at radius 3 is 2.65 bits per heavy atom. The van der Waals surface area contributed by atoms with Crippen LogP contribution in [-0.4, -0.2) is 26.7 Å². The topological polar surface area (TPSA) is 54.2 Å². The summed E-state index contributed by atoms with van der Waals surface area (Å²) >= 11 is 12.0. The number of nitrogens with one attached hydrogen (secondary N) is 1. The van der Waals surface area contributed by atoms with E-state index in [1.54, 1.807) is 0 Å². The maximum Gasteiger partial charge on any atom is 0.258 e. The fourth-order valence-electron chi connectivity index (χ4n) is 3.81. The quantitative estimate of drug-likeness (QED) is 0.478. The average Bonchev–Trinajstić information content (AvgIpc) is 3.20. The predicted molar refractivity (Wildman–Crippen MR) is 129 cm³/mol. The zero-order chi connectivity index (χ0) is 22.1. The van der Waals surface area contributed by atoms with E-state index in [-0.39, 0.29) is 6.04 Å². The van der Waals surface area contributed by atoms with Crippen molar-refractivity contribution in [2.45, 2.75) is 33.7 Å². The van der Waals surface area contributed by atoms with Gasteiger partial charge in [-0.3, -0.25) is 0 Å². The smallest absolute Gasteiger partial charge is 0.258 e. The second kappa shape index (κ2) is 8.81. The second-order valence-corrected chi connectivity index (χ2v) is 9.06. The summed E-state index contributed by atoms with van der Waals surface area (Å²) in [5.74, 6) is 1.47. The van der Waals surface area contributed by atoms with Gasteiger partial charge < -0.3 is 14.7 Å². The van der Waals surface area contributed by atoms with Crippen LogP contribution in [0.1, 0.15) is 43.8 Å². The fourth-order valence-corrected chi connectivity index (χ4v) is 4.34. The summed E-state index contributed by atoms with van der Waals surface area (Å²) < 4.78 is 5.78. The lowest BCUT2D eigenvalue weighted by atomic mass is 9.94. The van der Waals surface area contributed by atoms with Crippen molar-refractivity contribution in [2.75, 3.05) is 6.54 Å². The molecule has 2 aromatic carbocycles. The summed E-state index contributed by atoms with van der Waals surface area (Å²) in [4.78, 5) is 6.86. The molecule has 0 saturated carbocycles. The van der Waals surface area contributed by atoms with Gasteiger partial charge in [-0.25, -0.2) is 0 Å². The Balaban J connectivity index is 1.83. The maximum atomic E-state index is 6.29. The van der Waals surface area contributed by atoms with E-state index < -0.39 is 0 Å². The molecule has 0 radical (unpaired) electrons. The average molecular weight is 453 g/mol. The molecule has 1 aliphatic heterocycles. The van der Waals surface area contributed by atoms with Gasteiger partial charge in [-0.2, -0.15) is 4.98 Å². The Bertz CT molecular complexity index is 1150.